The standard InChI is InChI=1S/C17H16BrNO4/c1-2-21-12-5-3-11(4-6-12)19-17(20)13-9-15-16(10-14(13)18)23-8-7-22-15/h3-6,9-10H,2,7-8H2,1H3,(H,19,20). The fraction of sp³-hybridized carbons (Fsp3) is 0.235. The molecular formula is C17H16BrNO4. The normalized spacial score (nSPS) is 12.6. The van der Waals surface area contributed by atoms with Gasteiger partial charge in [-0.05, 0) is 59.3 Å². The molecule has 1 N–H and O–H groups in total. The van der Waals surface area contributed by atoms with Crippen LogP contribution in [0.15, 0.2) is 40.9 Å². The highest BCUT2D eigenvalue weighted by Gasteiger charge is 2.18. The molecule has 0 aliphatic carbocycles. The Morgan fingerprint density at radius 3 is 2.48 bits per heavy atom. The molecule has 23 heavy (non-hydrogen) atoms. The molecule has 0 radical (unpaired) electrons. The SMILES string of the molecule is CCOc1ccc(NC(=O)c2cc3c(cc2Br)OCCO3)cc1. The second kappa shape index (κ2) is 6.91. The highest BCUT2D eigenvalue weighted by atomic mass is 79.9. The fourth-order valence-corrected chi connectivity index (χ4v) is 2.74. The number of amides is 1. The van der Waals surface area contributed by atoms with E-state index in [-0.39, 0.29) is 5.91 Å². The van der Waals surface area contributed by atoms with Gasteiger partial charge in [-0.15, -0.1) is 0 Å². The second-order valence-electron chi connectivity index (χ2n) is 4.89. The molecule has 2 aromatic carbocycles. The molecule has 0 bridgehead atoms. The summed E-state index contributed by atoms with van der Waals surface area (Å²) in [6.07, 6.45) is 0. The number of hydrogen-bond acceptors (Lipinski definition) is 4. The van der Waals surface area contributed by atoms with Crippen LogP contribution in [-0.4, -0.2) is 25.7 Å². The van der Waals surface area contributed by atoms with Crippen molar-refractivity contribution in [1.29, 1.82) is 0 Å². The van der Waals surface area contributed by atoms with E-state index in [1.165, 1.54) is 0 Å². The first kappa shape index (κ1) is 15.7. The van der Waals surface area contributed by atoms with Crippen LogP contribution in [0.1, 0.15) is 17.3 Å². The maximum absolute atomic E-state index is 12.5. The van der Waals surface area contributed by atoms with Crippen LogP contribution in [-0.2, 0) is 0 Å². The molecule has 120 valence electrons. The number of anilines is 1. The zero-order valence-corrected chi connectivity index (χ0v) is 14.2. The van der Waals surface area contributed by atoms with E-state index >= 15 is 0 Å². The third-order valence-corrected chi connectivity index (χ3v) is 3.96. The van der Waals surface area contributed by atoms with Crippen molar-refractivity contribution >= 4 is 27.5 Å². The van der Waals surface area contributed by atoms with Crippen molar-refractivity contribution in [3.8, 4) is 17.2 Å². The fourth-order valence-electron chi connectivity index (χ4n) is 2.24. The Morgan fingerprint density at radius 2 is 1.83 bits per heavy atom. The van der Waals surface area contributed by atoms with Crippen molar-refractivity contribution in [1.82, 2.24) is 0 Å². The molecule has 5 nitrogen and oxygen atoms in total. The van der Waals surface area contributed by atoms with E-state index in [0.717, 1.165) is 5.75 Å². The summed E-state index contributed by atoms with van der Waals surface area (Å²) in [7, 11) is 0. The third-order valence-electron chi connectivity index (χ3n) is 3.30. The molecule has 1 aliphatic heterocycles. The van der Waals surface area contributed by atoms with Crippen LogP contribution >= 0.6 is 15.9 Å². The van der Waals surface area contributed by atoms with E-state index in [4.69, 9.17) is 14.2 Å². The van der Waals surface area contributed by atoms with Crippen molar-refractivity contribution in [2.24, 2.45) is 0 Å². The van der Waals surface area contributed by atoms with Gasteiger partial charge < -0.3 is 19.5 Å². The second-order valence-corrected chi connectivity index (χ2v) is 5.74. The maximum atomic E-state index is 12.5. The van der Waals surface area contributed by atoms with Crippen LogP contribution in [0.4, 0.5) is 5.69 Å². The molecule has 0 saturated carbocycles. The van der Waals surface area contributed by atoms with Gasteiger partial charge in [0.25, 0.3) is 5.91 Å². The summed E-state index contributed by atoms with van der Waals surface area (Å²) in [5, 5.41) is 2.85. The van der Waals surface area contributed by atoms with Crippen molar-refractivity contribution < 1.29 is 19.0 Å². The van der Waals surface area contributed by atoms with E-state index in [1.54, 1.807) is 24.3 Å². The first-order chi connectivity index (χ1) is 11.2. The van der Waals surface area contributed by atoms with Crippen LogP contribution in [0.5, 0.6) is 17.2 Å². The van der Waals surface area contributed by atoms with Gasteiger partial charge in [0.1, 0.15) is 19.0 Å². The molecule has 2 aromatic rings. The van der Waals surface area contributed by atoms with Gasteiger partial charge in [0.15, 0.2) is 11.5 Å². The summed E-state index contributed by atoms with van der Waals surface area (Å²) >= 11 is 3.41. The first-order valence-electron chi connectivity index (χ1n) is 7.30. The lowest BCUT2D eigenvalue weighted by atomic mass is 10.1. The molecule has 0 saturated heterocycles. The summed E-state index contributed by atoms with van der Waals surface area (Å²) in [6.45, 7) is 3.52. The quantitative estimate of drug-likeness (QED) is 0.878. The zero-order chi connectivity index (χ0) is 16.2. The minimum atomic E-state index is -0.224. The molecule has 0 unspecified atom stereocenters. The average Bonchev–Trinajstić information content (AvgIpc) is 2.56. The summed E-state index contributed by atoms with van der Waals surface area (Å²) in [4.78, 5) is 12.5. The molecule has 0 aromatic heterocycles. The topological polar surface area (TPSA) is 56.8 Å². The average molecular weight is 378 g/mol. The van der Waals surface area contributed by atoms with Crippen molar-refractivity contribution in [2.75, 3.05) is 25.1 Å². The van der Waals surface area contributed by atoms with Gasteiger partial charge in [0.2, 0.25) is 0 Å². The van der Waals surface area contributed by atoms with E-state index < -0.39 is 0 Å². The van der Waals surface area contributed by atoms with Crippen LogP contribution in [0.25, 0.3) is 0 Å². The smallest absolute Gasteiger partial charge is 0.256 e. The first-order valence-corrected chi connectivity index (χ1v) is 8.10. The van der Waals surface area contributed by atoms with Gasteiger partial charge in [-0.25, -0.2) is 0 Å². The number of nitrogens with one attached hydrogen (secondary N) is 1. The Labute approximate surface area is 142 Å². The highest BCUT2D eigenvalue weighted by Crippen LogP contribution is 2.35. The number of fused-ring (bicyclic) bond motifs is 1. The number of hydrogen-bond donors (Lipinski definition) is 1. The molecule has 0 fully saturated rings. The minimum absolute atomic E-state index is 0.224. The molecule has 1 aliphatic rings. The van der Waals surface area contributed by atoms with Gasteiger partial charge >= 0.3 is 0 Å². The van der Waals surface area contributed by atoms with Crippen LogP contribution in [0.2, 0.25) is 0 Å². The zero-order valence-electron chi connectivity index (χ0n) is 12.6. The molecule has 1 amide bonds. The summed E-state index contributed by atoms with van der Waals surface area (Å²) in [6, 6.07) is 10.7. The van der Waals surface area contributed by atoms with E-state index in [1.807, 2.05) is 19.1 Å². The number of rotatable bonds is 4. The third kappa shape index (κ3) is 3.59. The molecule has 0 spiro atoms. The van der Waals surface area contributed by atoms with Gasteiger partial charge in [0, 0.05) is 10.2 Å². The maximum Gasteiger partial charge on any atom is 0.256 e. The monoisotopic (exact) mass is 377 g/mol. The minimum Gasteiger partial charge on any atom is -0.494 e. The Kier molecular flexibility index (Phi) is 4.71. The van der Waals surface area contributed by atoms with E-state index in [0.29, 0.717) is 47.0 Å². The molecule has 3 rings (SSSR count). The summed E-state index contributed by atoms with van der Waals surface area (Å²) in [5.74, 6) is 1.76. The Bertz CT molecular complexity index is 715. The highest BCUT2D eigenvalue weighted by molar-refractivity contribution is 9.10. The van der Waals surface area contributed by atoms with Gasteiger partial charge in [-0.3, -0.25) is 4.79 Å². The molecular weight excluding hydrogens is 362 g/mol. The number of carbonyl (C=O) groups is 1. The van der Waals surface area contributed by atoms with Gasteiger partial charge in [-0.1, -0.05) is 0 Å². The predicted octanol–water partition coefficient (Wildman–Crippen LogP) is 3.87. The predicted molar refractivity (Wildman–Crippen MR) is 90.7 cm³/mol. The van der Waals surface area contributed by atoms with Crippen LogP contribution in [0.3, 0.4) is 0 Å². The van der Waals surface area contributed by atoms with Crippen LogP contribution < -0.4 is 19.5 Å². The van der Waals surface area contributed by atoms with Crippen molar-refractivity contribution in [2.45, 2.75) is 6.92 Å². The van der Waals surface area contributed by atoms with Crippen molar-refractivity contribution in [3.05, 3.63) is 46.4 Å². The van der Waals surface area contributed by atoms with E-state index in [2.05, 4.69) is 21.2 Å². The molecule has 1 heterocycles. The molecule has 6 heteroatoms. The van der Waals surface area contributed by atoms with Crippen LogP contribution in [0, 0.1) is 0 Å². The Morgan fingerprint density at radius 1 is 1.17 bits per heavy atom. The summed E-state index contributed by atoms with van der Waals surface area (Å²) in [5.41, 5.74) is 1.18. The number of carbonyl (C=O) groups excluding carboxylic acids is 1. The Hall–Kier alpha value is -2.21. The number of benzene rings is 2. The van der Waals surface area contributed by atoms with E-state index in [9.17, 15) is 4.79 Å². The van der Waals surface area contributed by atoms with Gasteiger partial charge in [0.05, 0.1) is 12.2 Å². The lowest BCUT2D eigenvalue weighted by Gasteiger charge is -2.19. The lowest BCUT2D eigenvalue weighted by molar-refractivity contribution is 0.102. The van der Waals surface area contributed by atoms with Crippen molar-refractivity contribution in [3.63, 3.8) is 0 Å². The Balaban J connectivity index is 1.77. The lowest BCUT2D eigenvalue weighted by Crippen LogP contribution is -2.17. The number of ether oxygens (including phenoxy) is 3. The van der Waals surface area contributed by atoms with Gasteiger partial charge in [-0.2, -0.15) is 0 Å². The number of halogens is 1. The largest absolute Gasteiger partial charge is 0.494 e. The summed E-state index contributed by atoms with van der Waals surface area (Å²) < 4.78 is 17.1. The molecule has 0 atom stereocenters.